The third-order valence-electron chi connectivity index (χ3n) is 13.4. The molecular weight excluding hydrogens is 815 g/mol. The molecule has 6 rings (SSSR count). The number of aliphatic hydroxyl groups is 2. The molecular formula is C51H73N3O10. The Bertz CT molecular complexity index is 1900. The van der Waals surface area contributed by atoms with Crippen LogP contribution in [0.2, 0.25) is 0 Å². The van der Waals surface area contributed by atoms with Crippen molar-refractivity contribution in [1.29, 1.82) is 0 Å². The molecule has 2 amide bonds. The average Bonchev–Trinajstić information content (AvgIpc) is 3.77. The lowest BCUT2D eigenvalue weighted by Crippen LogP contribution is -2.70. The maximum absolute atomic E-state index is 15.1. The summed E-state index contributed by atoms with van der Waals surface area (Å²) >= 11 is 0. The first-order valence-electron chi connectivity index (χ1n) is 24.1. The molecule has 0 saturated heterocycles. The highest BCUT2D eigenvalue weighted by atomic mass is 16.7. The molecule has 0 unspecified atom stereocenters. The van der Waals surface area contributed by atoms with Gasteiger partial charge < -0.3 is 49.0 Å². The van der Waals surface area contributed by atoms with E-state index in [1.54, 1.807) is 19.3 Å². The molecule has 4 aliphatic rings. The average molecular weight is 888 g/mol. The Balaban J connectivity index is 1.48. The summed E-state index contributed by atoms with van der Waals surface area (Å²) in [6, 6.07) is 10.6. The monoisotopic (exact) mass is 888 g/mol. The van der Waals surface area contributed by atoms with E-state index < -0.39 is 23.8 Å². The zero-order chi connectivity index (χ0) is 45.3. The fourth-order valence-corrected chi connectivity index (χ4v) is 10.4. The molecule has 352 valence electrons. The summed E-state index contributed by atoms with van der Waals surface area (Å²) in [6.45, 7) is 9.28. The van der Waals surface area contributed by atoms with Crippen LogP contribution >= 0.6 is 0 Å². The number of hydrogen-bond acceptors (Lipinski definition) is 11. The Morgan fingerprint density at radius 2 is 1.62 bits per heavy atom. The summed E-state index contributed by atoms with van der Waals surface area (Å²) in [7, 11) is 1.55. The molecule has 2 aromatic rings. The summed E-state index contributed by atoms with van der Waals surface area (Å²) in [6.07, 6.45) is 18.9. The summed E-state index contributed by atoms with van der Waals surface area (Å²) in [5.74, 6) is 0.191. The van der Waals surface area contributed by atoms with Crippen LogP contribution in [0.3, 0.4) is 0 Å². The van der Waals surface area contributed by atoms with Gasteiger partial charge in [0.2, 0.25) is 18.5 Å². The molecule has 2 aromatic carbocycles. The molecule has 3 N–H and O–H groups in total. The van der Waals surface area contributed by atoms with E-state index in [9.17, 15) is 15.0 Å². The lowest BCUT2D eigenvalue weighted by Gasteiger charge is -2.60. The van der Waals surface area contributed by atoms with Crippen molar-refractivity contribution in [3.05, 3.63) is 71.8 Å². The number of fused-ring (bicyclic) bond motifs is 3. The number of carbonyl (C=O) groups is 2. The molecule has 0 spiro atoms. The van der Waals surface area contributed by atoms with Crippen molar-refractivity contribution < 1.29 is 48.3 Å². The summed E-state index contributed by atoms with van der Waals surface area (Å²) in [5.41, 5.74) is 3.41. The maximum Gasteiger partial charge on any atom is 0.412 e. The van der Waals surface area contributed by atoms with Crippen LogP contribution in [0.1, 0.15) is 140 Å². The predicted octanol–water partition coefficient (Wildman–Crippen LogP) is 9.74. The zero-order valence-corrected chi connectivity index (χ0v) is 38.5. The Kier molecular flexibility index (Phi) is 18.8. The van der Waals surface area contributed by atoms with Crippen LogP contribution in [-0.2, 0) is 20.9 Å². The van der Waals surface area contributed by atoms with Gasteiger partial charge in [-0.2, -0.15) is 0 Å². The summed E-state index contributed by atoms with van der Waals surface area (Å²) < 4.78 is 31.8. The number of unbranched alkanes of at least 4 members (excludes halogenated alkanes) is 10. The summed E-state index contributed by atoms with van der Waals surface area (Å²) in [4.78, 5) is 35.5. The SMILES string of the molecule is C=CCO[C@@]12Oc3ccc(OC(=O)NCC)cc3[C@H]3[C@H](CCCCO)[C@@H](CCCCO)C=C(C(=NOC)C[C@@H]1N(Cc1ccc4c(c1)OCO4)C(=O)CCCCCCCCCCC)[C@H]32. The first-order valence-corrected chi connectivity index (χ1v) is 24.1. The Morgan fingerprint density at radius 3 is 2.34 bits per heavy atom. The van der Waals surface area contributed by atoms with Gasteiger partial charge in [0.05, 0.1) is 18.2 Å². The lowest BCUT2D eigenvalue weighted by atomic mass is 9.55. The van der Waals surface area contributed by atoms with E-state index in [1.807, 2.05) is 42.2 Å². The van der Waals surface area contributed by atoms with Crippen LogP contribution in [0.4, 0.5) is 4.79 Å². The molecule has 13 nitrogen and oxygen atoms in total. The normalized spacial score (nSPS) is 23.4. The van der Waals surface area contributed by atoms with Crippen LogP contribution in [0.15, 0.2) is 65.9 Å². The van der Waals surface area contributed by atoms with Gasteiger partial charge in [0.15, 0.2) is 11.5 Å². The second-order valence-corrected chi connectivity index (χ2v) is 17.7. The Labute approximate surface area is 380 Å². The predicted molar refractivity (Wildman–Crippen MR) is 247 cm³/mol. The molecule has 0 bridgehead atoms. The van der Waals surface area contributed by atoms with Gasteiger partial charge >= 0.3 is 6.09 Å². The van der Waals surface area contributed by atoms with Gasteiger partial charge in [-0.25, -0.2) is 4.79 Å². The van der Waals surface area contributed by atoms with Gasteiger partial charge in [0.25, 0.3) is 0 Å². The number of carbonyl (C=O) groups excluding carboxylic acids is 2. The first-order chi connectivity index (χ1) is 31.3. The second kappa shape index (κ2) is 24.6. The van der Waals surface area contributed by atoms with Gasteiger partial charge in [0.1, 0.15) is 24.7 Å². The lowest BCUT2D eigenvalue weighted by molar-refractivity contribution is -0.258. The topological polar surface area (TPSA) is 158 Å². The number of rotatable bonds is 27. The van der Waals surface area contributed by atoms with Gasteiger partial charge in [-0.05, 0) is 92.3 Å². The van der Waals surface area contributed by atoms with Crippen molar-refractivity contribution >= 4 is 17.7 Å². The largest absolute Gasteiger partial charge is 0.459 e. The van der Waals surface area contributed by atoms with Gasteiger partial charge in [0, 0.05) is 50.6 Å². The molecule has 6 atom stereocenters. The third-order valence-corrected chi connectivity index (χ3v) is 13.4. The summed E-state index contributed by atoms with van der Waals surface area (Å²) in [5, 5.41) is 27.3. The maximum atomic E-state index is 15.1. The van der Waals surface area contributed by atoms with Crippen LogP contribution in [0.5, 0.6) is 23.0 Å². The molecule has 2 aliphatic heterocycles. The number of allylic oxidation sites excluding steroid dienone is 1. The minimum atomic E-state index is -1.41. The van der Waals surface area contributed by atoms with Gasteiger partial charge in [-0.3, -0.25) is 4.79 Å². The van der Waals surface area contributed by atoms with Crippen molar-refractivity contribution in [3.63, 3.8) is 0 Å². The minimum absolute atomic E-state index is 0.00907. The molecule has 64 heavy (non-hydrogen) atoms. The van der Waals surface area contributed by atoms with Crippen molar-refractivity contribution in [2.75, 3.05) is 40.3 Å². The standard InChI is InChI=1S/C51H73N3O10/c1-5-8-9-10-11-12-13-14-15-22-47(57)54(34-36-23-25-44-45(30-36)61-35-60-44)46-33-42(53-59-4)40-31-37(20-16-18-27-55)39(21-17-19-28-56)48-41-32-38(63-50(58)52-7-3)24-26-43(41)64-51(46,49(40)48)62-29-6-2/h6,23-26,30-32,37,39,46,48-49,55-56H,2,5,7-22,27-29,33-35H2,1,3-4H3,(H,52,58)/t37-,39+,46-,48+,49+,51+/m0/s1. The van der Waals surface area contributed by atoms with E-state index in [2.05, 4.69) is 24.9 Å². The number of hydrogen-bond donors (Lipinski definition) is 3. The van der Waals surface area contributed by atoms with Crippen molar-refractivity contribution in [2.24, 2.45) is 22.9 Å². The Hall–Kier alpha value is -4.59. The molecule has 13 heteroatoms. The number of nitrogens with zero attached hydrogens (tertiary/aromatic N) is 2. The number of benzene rings is 2. The van der Waals surface area contributed by atoms with Gasteiger partial charge in [-0.15, -0.1) is 6.58 Å². The number of oxime groups is 1. The van der Waals surface area contributed by atoms with E-state index in [0.717, 1.165) is 67.4 Å². The third kappa shape index (κ3) is 11.8. The molecule has 1 fully saturated rings. The van der Waals surface area contributed by atoms with E-state index >= 15 is 4.79 Å². The zero-order valence-electron chi connectivity index (χ0n) is 38.5. The number of aliphatic hydroxyl groups excluding tert-OH is 2. The van der Waals surface area contributed by atoms with E-state index in [1.165, 1.54) is 38.5 Å². The fourth-order valence-electron chi connectivity index (χ4n) is 10.4. The quantitative estimate of drug-likeness (QED) is 0.0448. The fraction of sp³-hybridized carbons (Fsp3) is 0.627. The Morgan fingerprint density at radius 1 is 0.906 bits per heavy atom. The molecule has 0 aromatic heterocycles. The highest BCUT2D eigenvalue weighted by molar-refractivity contribution is 6.03. The van der Waals surface area contributed by atoms with Crippen molar-refractivity contribution in [3.8, 4) is 23.0 Å². The van der Waals surface area contributed by atoms with Gasteiger partial charge in [-0.1, -0.05) is 94.5 Å². The number of amides is 2. The molecule has 0 radical (unpaired) electrons. The first kappa shape index (κ1) is 48.9. The molecule has 1 saturated carbocycles. The van der Waals surface area contributed by atoms with Crippen LogP contribution in [0.25, 0.3) is 0 Å². The highest BCUT2D eigenvalue weighted by Gasteiger charge is 2.65. The second-order valence-electron chi connectivity index (χ2n) is 17.7. The minimum Gasteiger partial charge on any atom is -0.459 e. The molecule has 2 aliphatic carbocycles. The van der Waals surface area contributed by atoms with E-state index in [0.29, 0.717) is 55.2 Å². The van der Waals surface area contributed by atoms with E-state index in [-0.39, 0.29) is 56.8 Å². The number of nitrogens with one attached hydrogen (secondary N) is 1. The van der Waals surface area contributed by atoms with Crippen molar-refractivity contribution in [1.82, 2.24) is 10.2 Å². The van der Waals surface area contributed by atoms with Crippen LogP contribution in [-0.4, -0.2) is 84.9 Å². The van der Waals surface area contributed by atoms with Crippen LogP contribution < -0.4 is 24.3 Å². The van der Waals surface area contributed by atoms with E-state index in [4.69, 9.17) is 33.7 Å². The smallest absolute Gasteiger partial charge is 0.412 e. The highest BCUT2D eigenvalue weighted by Crippen LogP contribution is 2.62. The molecule has 2 heterocycles. The number of ether oxygens (including phenoxy) is 5. The van der Waals surface area contributed by atoms with Crippen LogP contribution in [0, 0.1) is 17.8 Å². The van der Waals surface area contributed by atoms with Crippen molar-refractivity contribution in [2.45, 2.75) is 147 Å².